The Balaban J connectivity index is 2.30. The van der Waals surface area contributed by atoms with Crippen LogP contribution in [-0.4, -0.2) is 32.3 Å². The second-order valence-electron chi connectivity index (χ2n) is 4.20. The largest absolute Gasteiger partial charge is 0.478 e. The third-order valence-corrected chi connectivity index (χ3v) is 2.99. The zero-order valence-electron chi connectivity index (χ0n) is 10.7. The van der Waals surface area contributed by atoms with Gasteiger partial charge in [0.1, 0.15) is 5.75 Å². The number of carbonyl (C=O) groups excluding carboxylic acids is 1. The number of fused-ring (bicyclic) bond motifs is 1. The molecule has 0 radical (unpaired) electrons. The lowest BCUT2D eigenvalue weighted by Gasteiger charge is -2.33. The molecule has 1 atom stereocenters. The van der Waals surface area contributed by atoms with Gasteiger partial charge in [0.2, 0.25) is 0 Å². The van der Waals surface area contributed by atoms with Crippen LogP contribution >= 0.6 is 0 Å². The van der Waals surface area contributed by atoms with Crippen LogP contribution < -0.4 is 15.4 Å². The van der Waals surface area contributed by atoms with Crippen molar-refractivity contribution in [2.24, 2.45) is 0 Å². The fourth-order valence-corrected chi connectivity index (χ4v) is 2.08. The number of nitrogen functional groups attached to an aromatic ring is 1. The molecule has 2 rings (SSSR count). The van der Waals surface area contributed by atoms with Crippen LogP contribution in [0.1, 0.15) is 13.3 Å². The first-order chi connectivity index (χ1) is 8.67. The summed E-state index contributed by atoms with van der Waals surface area (Å²) in [6, 6.07) is 5.34. The molecule has 1 aliphatic rings. The Morgan fingerprint density at radius 3 is 2.94 bits per heavy atom. The second-order valence-corrected chi connectivity index (χ2v) is 4.20. The number of methoxy groups -OCH3 is 1. The van der Waals surface area contributed by atoms with E-state index in [1.54, 1.807) is 24.1 Å². The van der Waals surface area contributed by atoms with Gasteiger partial charge in [-0.15, -0.1) is 0 Å². The van der Waals surface area contributed by atoms with Crippen LogP contribution in [0.2, 0.25) is 0 Å². The number of ether oxygens (including phenoxy) is 2. The van der Waals surface area contributed by atoms with Crippen molar-refractivity contribution in [3.8, 4) is 5.75 Å². The van der Waals surface area contributed by atoms with Gasteiger partial charge in [-0.25, -0.2) is 0 Å². The second kappa shape index (κ2) is 5.27. The highest BCUT2D eigenvalue weighted by molar-refractivity contribution is 6.00. The fourth-order valence-electron chi connectivity index (χ4n) is 2.08. The number of anilines is 2. The predicted octanol–water partition coefficient (Wildman–Crippen LogP) is 1.42. The number of nitrogens with zero attached hydrogens (tertiary/aromatic N) is 1. The number of nitrogens with two attached hydrogens (primary N) is 1. The van der Waals surface area contributed by atoms with Gasteiger partial charge in [0.05, 0.1) is 12.3 Å². The first-order valence-electron chi connectivity index (χ1n) is 6.04. The standard InChI is InChI=1S/C13H18N2O3/c1-3-15-10-5-4-9(14)8-12(10)18-11(13(15)16)6-7-17-2/h4-5,8,11H,3,6-7,14H2,1-2H3. The summed E-state index contributed by atoms with van der Waals surface area (Å²) in [5, 5.41) is 0. The minimum Gasteiger partial charge on any atom is -0.478 e. The molecular weight excluding hydrogens is 232 g/mol. The normalized spacial score (nSPS) is 18.4. The molecule has 1 aromatic rings. The van der Waals surface area contributed by atoms with Crippen LogP contribution in [-0.2, 0) is 9.53 Å². The van der Waals surface area contributed by atoms with Crippen molar-refractivity contribution in [2.75, 3.05) is 30.9 Å². The highest BCUT2D eigenvalue weighted by Gasteiger charge is 2.33. The molecule has 1 amide bonds. The summed E-state index contributed by atoms with van der Waals surface area (Å²) in [7, 11) is 1.61. The van der Waals surface area contributed by atoms with Gasteiger partial charge in [0.25, 0.3) is 5.91 Å². The Labute approximate surface area is 106 Å². The number of likely N-dealkylation sites (N-methyl/N-ethyl adjacent to an activating group) is 1. The molecule has 0 saturated heterocycles. The lowest BCUT2D eigenvalue weighted by atomic mass is 10.1. The van der Waals surface area contributed by atoms with Crippen molar-refractivity contribution in [3.63, 3.8) is 0 Å². The Kier molecular flexibility index (Phi) is 3.72. The molecule has 1 aromatic carbocycles. The van der Waals surface area contributed by atoms with Crippen LogP contribution in [0.4, 0.5) is 11.4 Å². The van der Waals surface area contributed by atoms with Crippen molar-refractivity contribution < 1.29 is 14.3 Å². The third kappa shape index (κ3) is 2.26. The van der Waals surface area contributed by atoms with Gasteiger partial charge in [-0.05, 0) is 19.1 Å². The van der Waals surface area contributed by atoms with E-state index in [0.29, 0.717) is 31.0 Å². The summed E-state index contributed by atoms with van der Waals surface area (Å²) in [5.41, 5.74) is 7.15. The van der Waals surface area contributed by atoms with Gasteiger partial charge >= 0.3 is 0 Å². The molecule has 2 N–H and O–H groups in total. The van der Waals surface area contributed by atoms with Gasteiger partial charge in [0.15, 0.2) is 6.10 Å². The first-order valence-corrected chi connectivity index (χ1v) is 6.04. The molecular formula is C13H18N2O3. The number of carbonyl (C=O) groups is 1. The SMILES string of the molecule is CCN1C(=O)C(CCOC)Oc2cc(N)ccc21. The Bertz CT molecular complexity index is 448. The first kappa shape index (κ1) is 12.7. The van der Waals surface area contributed by atoms with E-state index in [1.165, 1.54) is 0 Å². The molecule has 0 spiro atoms. The highest BCUT2D eigenvalue weighted by Crippen LogP contribution is 2.36. The van der Waals surface area contributed by atoms with Gasteiger partial charge in [0, 0.05) is 31.8 Å². The van der Waals surface area contributed by atoms with Gasteiger partial charge in [-0.1, -0.05) is 0 Å². The maximum Gasteiger partial charge on any atom is 0.268 e. The van der Waals surface area contributed by atoms with E-state index in [0.717, 1.165) is 5.69 Å². The average molecular weight is 250 g/mol. The molecule has 1 aliphatic heterocycles. The molecule has 18 heavy (non-hydrogen) atoms. The van der Waals surface area contributed by atoms with Crippen LogP contribution in [0, 0.1) is 0 Å². The molecule has 0 fully saturated rings. The zero-order valence-corrected chi connectivity index (χ0v) is 10.7. The van der Waals surface area contributed by atoms with E-state index in [2.05, 4.69) is 0 Å². The zero-order chi connectivity index (χ0) is 13.1. The van der Waals surface area contributed by atoms with Crippen LogP contribution in [0.15, 0.2) is 18.2 Å². The minimum atomic E-state index is -0.487. The van der Waals surface area contributed by atoms with E-state index in [-0.39, 0.29) is 5.91 Å². The van der Waals surface area contributed by atoms with Gasteiger partial charge in [-0.2, -0.15) is 0 Å². The molecule has 0 aliphatic carbocycles. The van der Waals surface area contributed by atoms with E-state index in [1.807, 2.05) is 13.0 Å². The third-order valence-electron chi connectivity index (χ3n) is 2.99. The summed E-state index contributed by atoms with van der Waals surface area (Å²) in [4.78, 5) is 13.9. The van der Waals surface area contributed by atoms with Gasteiger partial charge in [-0.3, -0.25) is 4.79 Å². The topological polar surface area (TPSA) is 64.8 Å². The van der Waals surface area contributed by atoms with E-state index in [9.17, 15) is 4.79 Å². The maximum atomic E-state index is 12.2. The van der Waals surface area contributed by atoms with E-state index >= 15 is 0 Å². The summed E-state index contributed by atoms with van der Waals surface area (Å²) in [5.74, 6) is 0.643. The average Bonchev–Trinajstić information content (AvgIpc) is 2.36. The molecule has 1 heterocycles. The van der Waals surface area contributed by atoms with Crippen molar-refractivity contribution in [3.05, 3.63) is 18.2 Å². The quantitative estimate of drug-likeness (QED) is 0.821. The molecule has 0 aromatic heterocycles. The van der Waals surface area contributed by atoms with Crippen molar-refractivity contribution >= 4 is 17.3 Å². The lowest BCUT2D eigenvalue weighted by Crippen LogP contribution is -2.46. The molecule has 98 valence electrons. The van der Waals surface area contributed by atoms with Crippen LogP contribution in [0.3, 0.4) is 0 Å². The van der Waals surface area contributed by atoms with Crippen molar-refractivity contribution in [1.29, 1.82) is 0 Å². The van der Waals surface area contributed by atoms with Gasteiger partial charge < -0.3 is 20.1 Å². The lowest BCUT2D eigenvalue weighted by molar-refractivity contribution is -0.127. The molecule has 0 bridgehead atoms. The number of hydrogen-bond donors (Lipinski definition) is 1. The molecule has 5 heteroatoms. The van der Waals surface area contributed by atoms with E-state index < -0.39 is 6.10 Å². The molecule has 0 saturated carbocycles. The van der Waals surface area contributed by atoms with Crippen LogP contribution in [0.5, 0.6) is 5.75 Å². The van der Waals surface area contributed by atoms with E-state index in [4.69, 9.17) is 15.2 Å². The number of rotatable bonds is 4. The Morgan fingerprint density at radius 1 is 1.50 bits per heavy atom. The maximum absolute atomic E-state index is 12.2. The van der Waals surface area contributed by atoms with Crippen molar-refractivity contribution in [2.45, 2.75) is 19.4 Å². The number of amides is 1. The predicted molar refractivity (Wildman–Crippen MR) is 69.8 cm³/mol. The van der Waals surface area contributed by atoms with Crippen LogP contribution in [0.25, 0.3) is 0 Å². The summed E-state index contributed by atoms with van der Waals surface area (Å²) >= 11 is 0. The summed E-state index contributed by atoms with van der Waals surface area (Å²) < 4.78 is 10.7. The highest BCUT2D eigenvalue weighted by atomic mass is 16.5. The number of hydrogen-bond acceptors (Lipinski definition) is 4. The summed E-state index contributed by atoms with van der Waals surface area (Å²) in [6.07, 6.45) is 0.0549. The minimum absolute atomic E-state index is 0.0215. The smallest absolute Gasteiger partial charge is 0.268 e. The fraction of sp³-hybridized carbons (Fsp3) is 0.462. The Hall–Kier alpha value is -1.75. The molecule has 5 nitrogen and oxygen atoms in total. The van der Waals surface area contributed by atoms with Crippen molar-refractivity contribution in [1.82, 2.24) is 0 Å². The monoisotopic (exact) mass is 250 g/mol. The Morgan fingerprint density at radius 2 is 2.28 bits per heavy atom. The summed E-state index contributed by atoms with van der Waals surface area (Å²) in [6.45, 7) is 3.05. The molecule has 1 unspecified atom stereocenters. The number of benzene rings is 1.